The first-order valence-corrected chi connectivity index (χ1v) is 7.94. The van der Waals surface area contributed by atoms with E-state index in [2.05, 4.69) is 0 Å². The van der Waals surface area contributed by atoms with Crippen LogP contribution in [0.4, 0.5) is 35.1 Å². The van der Waals surface area contributed by atoms with Crippen molar-refractivity contribution in [3.8, 4) is 0 Å². The lowest BCUT2D eigenvalue weighted by atomic mass is 10.3. The van der Waals surface area contributed by atoms with Crippen LogP contribution in [-0.2, 0) is 20.2 Å². The highest BCUT2D eigenvalue weighted by atomic mass is 32.2. The van der Waals surface area contributed by atoms with E-state index >= 15 is 0 Å². The first-order chi connectivity index (χ1) is 10.4. The molecule has 16 heteroatoms. The van der Waals surface area contributed by atoms with Gasteiger partial charge in [0.05, 0.1) is 0 Å². The Bertz CT molecular complexity index is 800. The van der Waals surface area contributed by atoms with Gasteiger partial charge >= 0.3 is 16.3 Å². The first kappa shape index (κ1) is 22.5. The molecule has 6 nitrogen and oxygen atoms in total. The van der Waals surface area contributed by atoms with Crippen molar-refractivity contribution < 1.29 is 61.1 Å². The van der Waals surface area contributed by atoms with Gasteiger partial charge in [0.1, 0.15) is 0 Å². The lowest BCUT2D eigenvalue weighted by Crippen LogP contribution is -2.21. The maximum atomic E-state index is 12.6. The second-order valence-corrected chi connectivity index (χ2v) is 6.53. The van der Waals surface area contributed by atoms with Gasteiger partial charge in [-0.3, -0.25) is 9.11 Å². The van der Waals surface area contributed by atoms with Crippen LogP contribution in [0.1, 0.15) is 0 Å². The molecule has 2 N–H and O–H groups in total. The third-order valence-electron chi connectivity index (χ3n) is 1.77. The molecule has 0 aliphatic carbocycles. The van der Waals surface area contributed by atoms with Gasteiger partial charge in [0, 0.05) is 0 Å². The Labute approximate surface area is 128 Å². The number of hydrogen-bond acceptors (Lipinski definition) is 4. The monoisotopic (exact) mass is 412 g/mol. The molecule has 1 aromatic rings. The van der Waals surface area contributed by atoms with Crippen molar-refractivity contribution in [2.24, 2.45) is 0 Å². The zero-order valence-corrected chi connectivity index (χ0v) is 12.2. The van der Waals surface area contributed by atoms with Gasteiger partial charge in [0.2, 0.25) is 5.82 Å². The fourth-order valence-electron chi connectivity index (χ4n) is 1.02. The van der Waals surface area contributed by atoms with Crippen LogP contribution in [0.5, 0.6) is 0 Å². The quantitative estimate of drug-likeness (QED) is 0.333. The molecule has 0 heterocycles. The van der Waals surface area contributed by atoms with Crippen molar-refractivity contribution in [1.29, 1.82) is 0 Å². The fourth-order valence-corrected chi connectivity index (χ4v) is 2.06. The molecule has 0 unspecified atom stereocenters. The summed E-state index contributed by atoms with van der Waals surface area (Å²) in [6.45, 7) is 0. The number of alkyl halides is 3. The Morgan fingerprint density at radius 1 is 0.708 bits per heavy atom. The van der Waals surface area contributed by atoms with E-state index < -0.39 is 66.1 Å². The normalized spacial score (nSPS) is 12.6. The molecule has 0 aliphatic heterocycles. The van der Waals surface area contributed by atoms with Crippen LogP contribution in [0.15, 0.2) is 4.90 Å². The lowest BCUT2D eigenvalue weighted by Gasteiger charge is -2.04. The molecule has 0 spiro atoms. The van der Waals surface area contributed by atoms with Gasteiger partial charge in [-0.1, -0.05) is 0 Å². The van der Waals surface area contributed by atoms with E-state index in [1.54, 1.807) is 0 Å². The van der Waals surface area contributed by atoms with Crippen LogP contribution in [0.2, 0.25) is 0 Å². The number of rotatable bonds is 2. The molecule has 0 radical (unpaired) electrons. The molecular weight excluding hydrogens is 408 g/mol. The predicted molar refractivity (Wildman–Crippen MR) is 58.5 cm³/mol. The second-order valence-electron chi connectivity index (χ2n) is 3.72. The molecule has 140 valence electrons. The number of halogens is 8. The van der Waals surface area contributed by atoms with Gasteiger partial charge in [0.25, 0.3) is 10.1 Å². The minimum absolute atomic E-state index is 2.18. The largest absolute Gasteiger partial charge is 0.405 e. The van der Waals surface area contributed by atoms with Crippen molar-refractivity contribution in [3.63, 3.8) is 0 Å². The summed E-state index contributed by atoms with van der Waals surface area (Å²) in [4.78, 5) is -2.26. The first-order valence-electron chi connectivity index (χ1n) is 4.89. The molecule has 0 bridgehead atoms. The van der Waals surface area contributed by atoms with E-state index in [4.69, 9.17) is 9.11 Å². The maximum Gasteiger partial charge on any atom is 0.405 e. The van der Waals surface area contributed by atoms with Crippen LogP contribution < -0.4 is 0 Å². The average molecular weight is 412 g/mol. The van der Waals surface area contributed by atoms with E-state index in [1.165, 1.54) is 0 Å². The van der Waals surface area contributed by atoms with Gasteiger partial charge in [-0.05, 0) is 0 Å². The van der Waals surface area contributed by atoms with Crippen LogP contribution in [0.3, 0.4) is 0 Å². The summed E-state index contributed by atoms with van der Waals surface area (Å²) >= 11 is 0. The Balaban J connectivity index is 0.000000506. The molecule has 0 saturated heterocycles. The zero-order valence-electron chi connectivity index (χ0n) is 10.6. The predicted octanol–water partition coefficient (Wildman–Crippen LogP) is 2.07. The minimum Gasteiger partial charge on any atom is -0.285 e. The highest BCUT2D eigenvalue weighted by Crippen LogP contribution is 2.26. The molecule has 24 heavy (non-hydrogen) atoms. The lowest BCUT2D eigenvalue weighted by molar-refractivity contribution is -0.107. The fraction of sp³-hybridized carbons (Fsp3) is 0.250. The maximum absolute atomic E-state index is 12.6. The second kappa shape index (κ2) is 7.16. The third-order valence-corrected chi connectivity index (χ3v) is 3.34. The van der Waals surface area contributed by atoms with Crippen molar-refractivity contribution >= 4 is 20.2 Å². The summed E-state index contributed by atoms with van der Waals surface area (Å²) in [6.07, 6.45) is -4.85. The van der Waals surface area contributed by atoms with E-state index in [-0.39, 0.29) is 0 Å². The van der Waals surface area contributed by atoms with Crippen LogP contribution in [0.25, 0.3) is 0 Å². The average Bonchev–Trinajstić information content (AvgIpc) is 2.28. The van der Waals surface area contributed by atoms with Crippen LogP contribution >= 0.6 is 0 Å². The SMILES string of the molecule is O=S(=O)(O)CC(F)(F)F.O=S(=O)(O)c1c(F)c(F)c(F)c(F)c1F. The Morgan fingerprint density at radius 3 is 1.17 bits per heavy atom. The van der Waals surface area contributed by atoms with E-state index in [1.807, 2.05) is 0 Å². The molecule has 1 aromatic carbocycles. The Morgan fingerprint density at radius 2 is 1.00 bits per heavy atom. The molecule has 0 fully saturated rings. The summed E-state index contributed by atoms with van der Waals surface area (Å²) in [5.41, 5.74) is 0. The van der Waals surface area contributed by atoms with Gasteiger partial charge in [-0.25, -0.2) is 22.0 Å². The van der Waals surface area contributed by atoms with Gasteiger partial charge in [-0.15, -0.1) is 0 Å². The Kier molecular flexibility index (Phi) is 6.70. The van der Waals surface area contributed by atoms with E-state index in [0.29, 0.717) is 0 Å². The summed E-state index contributed by atoms with van der Waals surface area (Å²) in [7, 11) is -10.4. The molecule has 0 aliphatic rings. The van der Waals surface area contributed by atoms with Gasteiger partial charge < -0.3 is 0 Å². The van der Waals surface area contributed by atoms with E-state index in [0.717, 1.165) is 0 Å². The minimum atomic E-state index is -5.52. The smallest absolute Gasteiger partial charge is 0.285 e. The van der Waals surface area contributed by atoms with Crippen molar-refractivity contribution in [2.45, 2.75) is 11.1 Å². The van der Waals surface area contributed by atoms with Gasteiger partial charge in [0.15, 0.2) is 33.9 Å². The van der Waals surface area contributed by atoms with Crippen LogP contribution in [0, 0.1) is 29.1 Å². The number of hydrogen-bond donors (Lipinski definition) is 2. The topological polar surface area (TPSA) is 109 Å². The molecule has 1 rings (SSSR count). The molecule has 0 aromatic heterocycles. The van der Waals surface area contributed by atoms with Crippen molar-refractivity contribution in [3.05, 3.63) is 29.1 Å². The molecule has 0 saturated carbocycles. The highest BCUT2D eigenvalue weighted by molar-refractivity contribution is 7.86. The number of benzene rings is 1. The highest BCUT2D eigenvalue weighted by Gasteiger charge is 2.34. The van der Waals surface area contributed by atoms with Crippen molar-refractivity contribution in [1.82, 2.24) is 0 Å². The summed E-state index contributed by atoms with van der Waals surface area (Å²) in [5, 5.41) is 0. The van der Waals surface area contributed by atoms with Crippen molar-refractivity contribution in [2.75, 3.05) is 5.75 Å². The summed E-state index contributed by atoms with van der Waals surface area (Å²) in [5.74, 6) is -14.8. The standard InChI is InChI=1S/C6HF5O3S.C2H3F3O3S/c7-1-2(8)4(10)6(15(12,13)14)5(11)3(1)9;3-2(4,5)1-9(6,7)8/h(H,12,13,14);1H2,(H,6,7,8). The molecule has 0 atom stereocenters. The molecule has 0 amide bonds. The Hall–Kier alpha value is -1.52. The summed E-state index contributed by atoms with van der Waals surface area (Å²) < 4.78 is 151. The third kappa shape index (κ3) is 6.54. The zero-order chi connectivity index (χ0) is 19.7. The van der Waals surface area contributed by atoms with E-state index in [9.17, 15) is 52.0 Å². The molecular formula is C8H4F8O6S2. The summed E-state index contributed by atoms with van der Waals surface area (Å²) in [6, 6.07) is 0. The van der Waals surface area contributed by atoms with Crippen LogP contribution in [-0.4, -0.2) is 37.9 Å². The van der Waals surface area contributed by atoms with Gasteiger partial charge in [-0.2, -0.15) is 30.0 Å².